The number of fused-ring (bicyclic) bond motifs is 1. The number of carbonyl (C=O) groups is 1. The Hall–Kier alpha value is -1.92. The highest BCUT2D eigenvalue weighted by atomic mass is 19.3. The maximum atomic E-state index is 12.1. The Balaban J connectivity index is 1.75. The van der Waals surface area contributed by atoms with Gasteiger partial charge in [0.2, 0.25) is 0 Å². The van der Waals surface area contributed by atoms with Crippen molar-refractivity contribution in [2.24, 2.45) is 11.3 Å². The Morgan fingerprint density at radius 3 is 2.90 bits per heavy atom. The molecule has 1 saturated carbocycles. The van der Waals surface area contributed by atoms with Gasteiger partial charge in [-0.3, -0.25) is 4.79 Å². The summed E-state index contributed by atoms with van der Waals surface area (Å²) in [6.07, 6.45) is 3.79. The standard InChI is InChI=1S/C14H16F2N2O3/c15-13(16)21-10-3-4-11(17-6-10)18-7-9-2-1-5-14(9,8-18)12(19)20/h3-4,6,9,13H,1-2,5,7-8H2,(H,19,20)/t9-,14+/m0/s1. The van der Waals surface area contributed by atoms with Crippen LogP contribution in [0.2, 0.25) is 0 Å². The van der Waals surface area contributed by atoms with Gasteiger partial charge in [-0.2, -0.15) is 8.78 Å². The Morgan fingerprint density at radius 2 is 2.33 bits per heavy atom. The van der Waals surface area contributed by atoms with Gasteiger partial charge in [-0.1, -0.05) is 6.42 Å². The highest BCUT2D eigenvalue weighted by Crippen LogP contribution is 2.49. The second-order valence-electron chi connectivity index (χ2n) is 5.66. The first-order valence-electron chi connectivity index (χ1n) is 6.90. The van der Waals surface area contributed by atoms with Crippen LogP contribution in [0.5, 0.6) is 5.75 Å². The minimum absolute atomic E-state index is 0.00101. The van der Waals surface area contributed by atoms with Gasteiger partial charge in [-0.05, 0) is 30.9 Å². The SMILES string of the molecule is O=C(O)[C@@]12CCC[C@H]1CN(c1ccc(OC(F)F)cn1)C2. The number of aromatic nitrogens is 1. The second-order valence-corrected chi connectivity index (χ2v) is 5.66. The van der Waals surface area contributed by atoms with Crippen LogP contribution in [0.4, 0.5) is 14.6 Å². The zero-order valence-corrected chi connectivity index (χ0v) is 11.3. The first-order valence-corrected chi connectivity index (χ1v) is 6.90. The van der Waals surface area contributed by atoms with Gasteiger partial charge in [0.05, 0.1) is 11.6 Å². The van der Waals surface area contributed by atoms with E-state index in [-0.39, 0.29) is 11.7 Å². The average molecular weight is 298 g/mol. The van der Waals surface area contributed by atoms with Gasteiger partial charge in [-0.15, -0.1) is 0 Å². The molecule has 2 atom stereocenters. The summed E-state index contributed by atoms with van der Waals surface area (Å²) in [5, 5.41) is 9.53. The summed E-state index contributed by atoms with van der Waals surface area (Å²) < 4.78 is 28.4. The van der Waals surface area contributed by atoms with Crippen LogP contribution in [0, 0.1) is 11.3 Å². The predicted octanol–water partition coefficient (Wildman–Crippen LogP) is 2.37. The first kappa shape index (κ1) is 14.0. The molecule has 2 fully saturated rings. The minimum Gasteiger partial charge on any atom is -0.481 e. The molecule has 0 radical (unpaired) electrons. The first-order chi connectivity index (χ1) is 10.0. The van der Waals surface area contributed by atoms with Crippen molar-refractivity contribution in [2.45, 2.75) is 25.9 Å². The lowest BCUT2D eigenvalue weighted by atomic mass is 9.81. The molecule has 0 amide bonds. The molecule has 0 spiro atoms. The van der Waals surface area contributed by atoms with Crippen LogP contribution in [0.25, 0.3) is 0 Å². The Kier molecular flexibility index (Phi) is 3.43. The molecule has 0 unspecified atom stereocenters. The monoisotopic (exact) mass is 298 g/mol. The molecule has 0 bridgehead atoms. The molecule has 1 N–H and O–H groups in total. The van der Waals surface area contributed by atoms with Crippen LogP contribution in [-0.2, 0) is 4.79 Å². The Labute approximate surface area is 120 Å². The van der Waals surface area contributed by atoms with Crippen molar-refractivity contribution in [3.05, 3.63) is 18.3 Å². The lowest BCUT2D eigenvalue weighted by molar-refractivity contribution is -0.149. The molecule has 2 heterocycles. The molecular formula is C14H16F2N2O3. The molecule has 1 aromatic rings. The maximum absolute atomic E-state index is 12.1. The minimum atomic E-state index is -2.88. The number of halogens is 2. The van der Waals surface area contributed by atoms with Crippen LogP contribution in [0.3, 0.4) is 0 Å². The summed E-state index contributed by atoms with van der Waals surface area (Å²) >= 11 is 0. The van der Waals surface area contributed by atoms with Crippen molar-refractivity contribution in [3.63, 3.8) is 0 Å². The zero-order chi connectivity index (χ0) is 15.0. The van der Waals surface area contributed by atoms with Crippen molar-refractivity contribution in [1.82, 2.24) is 4.98 Å². The van der Waals surface area contributed by atoms with E-state index in [0.29, 0.717) is 25.3 Å². The van der Waals surface area contributed by atoms with Crippen molar-refractivity contribution in [2.75, 3.05) is 18.0 Å². The molecule has 7 heteroatoms. The zero-order valence-electron chi connectivity index (χ0n) is 11.3. The molecule has 21 heavy (non-hydrogen) atoms. The van der Waals surface area contributed by atoms with Gasteiger partial charge in [-0.25, -0.2) is 4.98 Å². The summed E-state index contributed by atoms with van der Waals surface area (Å²) in [7, 11) is 0. The van der Waals surface area contributed by atoms with E-state index in [0.717, 1.165) is 12.8 Å². The number of pyridine rings is 1. The van der Waals surface area contributed by atoms with Gasteiger partial charge in [0.1, 0.15) is 11.6 Å². The predicted molar refractivity (Wildman–Crippen MR) is 70.5 cm³/mol. The van der Waals surface area contributed by atoms with E-state index in [1.54, 1.807) is 6.07 Å². The molecule has 1 aliphatic heterocycles. The van der Waals surface area contributed by atoms with Crippen molar-refractivity contribution >= 4 is 11.8 Å². The molecule has 1 aliphatic carbocycles. The topological polar surface area (TPSA) is 62.7 Å². The lowest BCUT2D eigenvalue weighted by Crippen LogP contribution is -2.35. The third kappa shape index (κ3) is 2.41. The molecule has 2 aliphatic rings. The third-order valence-corrected chi connectivity index (χ3v) is 4.57. The van der Waals surface area contributed by atoms with Gasteiger partial charge in [0, 0.05) is 13.1 Å². The molecule has 1 saturated heterocycles. The van der Waals surface area contributed by atoms with Gasteiger partial charge in [0.25, 0.3) is 0 Å². The quantitative estimate of drug-likeness (QED) is 0.924. The molecule has 0 aromatic carbocycles. The summed E-state index contributed by atoms with van der Waals surface area (Å²) in [6, 6.07) is 3.02. The summed E-state index contributed by atoms with van der Waals surface area (Å²) in [5.74, 6) is -0.00771. The lowest BCUT2D eigenvalue weighted by Gasteiger charge is -2.23. The fraction of sp³-hybridized carbons (Fsp3) is 0.571. The van der Waals surface area contributed by atoms with E-state index in [1.165, 1.54) is 12.3 Å². The Morgan fingerprint density at radius 1 is 1.52 bits per heavy atom. The second kappa shape index (κ2) is 5.13. The number of hydrogen-bond acceptors (Lipinski definition) is 4. The summed E-state index contributed by atoms with van der Waals surface area (Å²) in [6.45, 7) is -1.80. The number of carboxylic acids is 1. The van der Waals surface area contributed by atoms with E-state index < -0.39 is 18.0 Å². The molecule has 5 nitrogen and oxygen atoms in total. The number of alkyl halides is 2. The average Bonchev–Trinajstić information content (AvgIpc) is 2.96. The number of rotatable bonds is 4. The van der Waals surface area contributed by atoms with Gasteiger partial charge < -0.3 is 14.7 Å². The van der Waals surface area contributed by atoms with Crippen LogP contribution < -0.4 is 9.64 Å². The molecular weight excluding hydrogens is 282 g/mol. The van der Waals surface area contributed by atoms with Crippen LogP contribution >= 0.6 is 0 Å². The summed E-state index contributed by atoms with van der Waals surface area (Å²) in [5.41, 5.74) is -0.681. The fourth-order valence-electron chi connectivity index (χ4n) is 3.55. The molecule has 114 valence electrons. The van der Waals surface area contributed by atoms with Crippen molar-refractivity contribution in [1.29, 1.82) is 0 Å². The maximum Gasteiger partial charge on any atom is 0.387 e. The van der Waals surface area contributed by atoms with Gasteiger partial charge >= 0.3 is 12.6 Å². The van der Waals surface area contributed by atoms with E-state index in [1.807, 2.05) is 4.90 Å². The van der Waals surface area contributed by atoms with E-state index in [9.17, 15) is 18.7 Å². The Bertz CT molecular complexity index is 538. The van der Waals surface area contributed by atoms with Crippen LogP contribution in [0.15, 0.2) is 18.3 Å². The fourth-order valence-corrected chi connectivity index (χ4v) is 3.55. The number of anilines is 1. The number of aliphatic carboxylic acids is 1. The van der Waals surface area contributed by atoms with Crippen LogP contribution in [-0.4, -0.2) is 35.8 Å². The van der Waals surface area contributed by atoms with Crippen molar-refractivity contribution in [3.8, 4) is 5.75 Å². The largest absolute Gasteiger partial charge is 0.481 e. The third-order valence-electron chi connectivity index (χ3n) is 4.57. The normalized spacial score (nSPS) is 28.0. The van der Waals surface area contributed by atoms with Crippen LogP contribution in [0.1, 0.15) is 19.3 Å². The van der Waals surface area contributed by atoms with E-state index in [4.69, 9.17) is 0 Å². The molecule has 1 aromatic heterocycles. The smallest absolute Gasteiger partial charge is 0.387 e. The number of ether oxygens (including phenoxy) is 1. The van der Waals surface area contributed by atoms with E-state index >= 15 is 0 Å². The molecule has 3 rings (SSSR count). The summed E-state index contributed by atoms with van der Waals surface area (Å²) in [4.78, 5) is 17.6. The number of hydrogen-bond donors (Lipinski definition) is 1. The van der Waals surface area contributed by atoms with Crippen molar-refractivity contribution < 1.29 is 23.4 Å². The number of carboxylic acid groups (broad SMARTS) is 1. The van der Waals surface area contributed by atoms with E-state index in [2.05, 4.69) is 9.72 Å². The van der Waals surface area contributed by atoms with Gasteiger partial charge in [0.15, 0.2) is 0 Å². The highest BCUT2D eigenvalue weighted by Gasteiger charge is 2.55. The number of nitrogens with zero attached hydrogens (tertiary/aromatic N) is 2. The highest BCUT2D eigenvalue weighted by molar-refractivity contribution is 5.77.